The number of carbonyl (C=O) groups is 1. The van der Waals surface area contributed by atoms with Crippen LogP contribution < -0.4 is 10.1 Å². The number of nitrogens with zero attached hydrogens (tertiary/aromatic N) is 1. The maximum absolute atomic E-state index is 13.0. The van der Waals surface area contributed by atoms with Gasteiger partial charge in [-0.2, -0.15) is 26.3 Å². The molecule has 0 spiro atoms. The van der Waals surface area contributed by atoms with Crippen molar-refractivity contribution in [2.45, 2.75) is 23.5 Å². The van der Waals surface area contributed by atoms with Gasteiger partial charge in [-0.1, -0.05) is 41.7 Å². The van der Waals surface area contributed by atoms with Crippen molar-refractivity contribution in [3.8, 4) is 16.2 Å². The van der Waals surface area contributed by atoms with E-state index >= 15 is 0 Å². The number of ether oxygens (including phenoxy) is 1. The molecule has 0 bridgehead atoms. The number of carbonyl (C=O) groups excluding carboxylic acids is 1. The van der Waals surface area contributed by atoms with Crippen LogP contribution in [0.15, 0.2) is 53.4 Å². The number of aromatic nitrogens is 1. The van der Waals surface area contributed by atoms with Crippen molar-refractivity contribution in [3.05, 3.63) is 59.2 Å². The summed E-state index contributed by atoms with van der Waals surface area (Å²) in [5.41, 5.74) is -4.90. The molecule has 0 aliphatic rings. The third-order valence-corrected chi connectivity index (χ3v) is 5.27. The van der Waals surface area contributed by atoms with Crippen LogP contribution in [0.2, 0.25) is 0 Å². The van der Waals surface area contributed by atoms with Gasteiger partial charge in [-0.05, 0) is 42.4 Å². The molecular weight excluding hydrogens is 466 g/mol. The van der Waals surface area contributed by atoms with E-state index in [2.05, 4.69) is 10.3 Å². The van der Waals surface area contributed by atoms with Gasteiger partial charge in [-0.15, -0.1) is 0 Å². The van der Waals surface area contributed by atoms with Gasteiger partial charge in [-0.25, -0.2) is 9.78 Å². The maximum atomic E-state index is 13.0. The number of hydrogen-bond acceptors (Lipinski definition) is 5. The zero-order chi connectivity index (χ0) is 22.8. The van der Waals surface area contributed by atoms with Crippen molar-refractivity contribution in [2.75, 3.05) is 5.32 Å². The molecule has 0 aliphatic heterocycles. The largest absolute Gasteiger partial charge is 0.446 e. The average molecular weight is 478 g/mol. The predicted octanol–water partition coefficient (Wildman–Crippen LogP) is 7.36. The van der Waals surface area contributed by atoms with E-state index in [0.717, 1.165) is 0 Å². The molecule has 3 rings (SSSR count). The number of thioether (sulfide) groups is 1. The van der Waals surface area contributed by atoms with E-state index in [1.54, 1.807) is 24.3 Å². The lowest BCUT2D eigenvalue weighted by atomic mass is 10.0. The first-order chi connectivity index (χ1) is 14.4. The van der Waals surface area contributed by atoms with E-state index < -0.39 is 28.5 Å². The molecule has 2 aromatic carbocycles. The summed E-state index contributed by atoms with van der Waals surface area (Å²) in [5, 5.41) is 1.69. The fourth-order valence-corrected chi connectivity index (χ4v) is 3.96. The van der Waals surface area contributed by atoms with Crippen LogP contribution in [0, 0.1) is 6.92 Å². The van der Waals surface area contributed by atoms with Crippen LogP contribution in [-0.2, 0) is 6.18 Å². The summed E-state index contributed by atoms with van der Waals surface area (Å²) in [4.78, 5) is 15.5. The molecule has 164 valence electrons. The van der Waals surface area contributed by atoms with Crippen LogP contribution in [0.4, 0.5) is 36.8 Å². The molecule has 31 heavy (non-hydrogen) atoms. The quantitative estimate of drug-likeness (QED) is 0.314. The second-order valence-electron chi connectivity index (χ2n) is 6.00. The summed E-state index contributed by atoms with van der Waals surface area (Å²) in [6.07, 6.45) is -5.99. The number of anilines is 1. The zero-order valence-corrected chi connectivity index (χ0v) is 17.1. The van der Waals surface area contributed by atoms with Crippen molar-refractivity contribution in [1.82, 2.24) is 4.98 Å². The second-order valence-corrected chi connectivity index (χ2v) is 8.31. The van der Waals surface area contributed by atoms with E-state index in [9.17, 15) is 31.1 Å². The number of thiazole rings is 1. The lowest BCUT2D eigenvalue weighted by Crippen LogP contribution is -2.19. The Morgan fingerprint density at radius 3 is 2.45 bits per heavy atom. The van der Waals surface area contributed by atoms with Crippen LogP contribution >= 0.6 is 23.1 Å². The smallest absolute Gasteiger partial charge is 0.397 e. The first-order valence-corrected chi connectivity index (χ1v) is 10.0. The summed E-state index contributed by atoms with van der Waals surface area (Å²) < 4.78 is 81.9. The molecule has 3 aromatic rings. The van der Waals surface area contributed by atoms with Crippen molar-refractivity contribution in [3.63, 3.8) is 0 Å². The number of amides is 1. The van der Waals surface area contributed by atoms with Crippen LogP contribution in [0.1, 0.15) is 10.7 Å². The Morgan fingerprint density at radius 2 is 1.77 bits per heavy atom. The van der Waals surface area contributed by atoms with Gasteiger partial charge in [0.05, 0.1) is 10.7 Å². The van der Waals surface area contributed by atoms with Gasteiger partial charge >= 0.3 is 17.8 Å². The van der Waals surface area contributed by atoms with Gasteiger partial charge in [0.15, 0.2) is 5.69 Å². The number of aryl methyl sites for hydroxylation is 1. The Labute approximate surface area is 180 Å². The Morgan fingerprint density at radius 1 is 1.06 bits per heavy atom. The van der Waals surface area contributed by atoms with Gasteiger partial charge in [-0.3, -0.25) is 5.32 Å². The molecule has 0 unspecified atom stereocenters. The first kappa shape index (κ1) is 22.9. The molecule has 4 nitrogen and oxygen atoms in total. The Kier molecular flexibility index (Phi) is 6.51. The molecule has 0 atom stereocenters. The number of alkyl halides is 6. The molecule has 1 aromatic heterocycles. The third-order valence-electron chi connectivity index (χ3n) is 3.70. The molecule has 12 heteroatoms. The highest BCUT2D eigenvalue weighted by Gasteiger charge is 2.39. The van der Waals surface area contributed by atoms with Crippen LogP contribution in [0.5, 0.6) is 5.06 Å². The van der Waals surface area contributed by atoms with Crippen molar-refractivity contribution in [1.29, 1.82) is 0 Å². The topological polar surface area (TPSA) is 51.2 Å². The minimum atomic E-state index is -4.80. The molecule has 0 aliphatic carbocycles. The lowest BCUT2D eigenvalue weighted by Gasteiger charge is -2.13. The third kappa shape index (κ3) is 6.14. The number of hydrogen-bond donors (Lipinski definition) is 1. The average Bonchev–Trinajstić information content (AvgIpc) is 3.01. The minimum absolute atomic E-state index is 0.0580. The Balaban J connectivity index is 1.84. The number of nitrogens with one attached hydrogen (secondary N) is 1. The van der Waals surface area contributed by atoms with E-state index in [-0.39, 0.29) is 27.4 Å². The van der Waals surface area contributed by atoms with Gasteiger partial charge in [0, 0.05) is 10.5 Å². The molecule has 1 amide bonds. The molecule has 0 fully saturated rings. The van der Waals surface area contributed by atoms with E-state index in [4.69, 9.17) is 4.74 Å². The molecular formula is C19H12F6N2O2S2. The summed E-state index contributed by atoms with van der Waals surface area (Å²) in [6.45, 7) is 1.34. The highest BCUT2D eigenvalue weighted by atomic mass is 32.2. The van der Waals surface area contributed by atoms with Gasteiger partial charge in [0.25, 0.3) is 0 Å². The lowest BCUT2D eigenvalue weighted by molar-refractivity contribution is -0.141. The number of para-hydroxylation sites is 1. The minimum Gasteiger partial charge on any atom is -0.397 e. The summed E-state index contributed by atoms with van der Waals surface area (Å²) in [5.74, 6) is 0. The Hall–Kier alpha value is -2.73. The predicted molar refractivity (Wildman–Crippen MR) is 105 cm³/mol. The van der Waals surface area contributed by atoms with Gasteiger partial charge in [0.1, 0.15) is 0 Å². The second kappa shape index (κ2) is 8.79. The maximum Gasteiger partial charge on any atom is 0.446 e. The van der Waals surface area contributed by atoms with Gasteiger partial charge < -0.3 is 4.74 Å². The fourth-order valence-electron chi connectivity index (χ4n) is 2.58. The van der Waals surface area contributed by atoms with Crippen molar-refractivity contribution >= 4 is 34.9 Å². The Bertz CT molecular complexity index is 1100. The summed E-state index contributed by atoms with van der Waals surface area (Å²) in [6, 6.07) is 11.7. The van der Waals surface area contributed by atoms with E-state index in [1.807, 2.05) is 0 Å². The summed E-state index contributed by atoms with van der Waals surface area (Å²) in [7, 11) is 0. The zero-order valence-electron chi connectivity index (χ0n) is 15.5. The number of rotatable bonds is 4. The highest BCUT2D eigenvalue weighted by Crippen LogP contribution is 2.40. The molecule has 1 heterocycles. The molecule has 0 saturated heterocycles. The van der Waals surface area contributed by atoms with Crippen molar-refractivity contribution in [2.24, 2.45) is 0 Å². The van der Waals surface area contributed by atoms with Crippen LogP contribution in [-0.4, -0.2) is 16.6 Å². The van der Waals surface area contributed by atoms with Crippen molar-refractivity contribution < 1.29 is 35.9 Å². The van der Waals surface area contributed by atoms with Gasteiger partial charge in [0.2, 0.25) is 5.06 Å². The molecule has 0 saturated carbocycles. The van der Waals surface area contributed by atoms with E-state index in [1.165, 1.54) is 31.2 Å². The van der Waals surface area contributed by atoms with Crippen LogP contribution in [0.25, 0.3) is 11.1 Å². The van der Waals surface area contributed by atoms with E-state index in [0.29, 0.717) is 22.5 Å². The number of benzene rings is 2. The normalized spacial score (nSPS) is 12.0. The summed E-state index contributed by atoms with van der Waals surface area (Å²) >= 11 is 0.278. The molecule has 1 N–H and O–H groups in total. The van der Waals surface area contributed by atoms with Crippen LogP contribution in [0.3, 0.4) is 0 Å². The standard InChI is InChI=1S/C19H12F6N2O2S2/c1-10-26-15(18(20,21)22)16(30-10)29-17(28)27-14-8-3-2-7-13(14)11-5-4-6-12(9-11)31-19(23,24)25/h2-9H,1H3,(H,27,28). The molecule has 0 radical (unpaired) electrons. The first-order valence-electron chi connectivity index (χ1n) is 8.41. The fraction of sp³-hybridized carbons (Fsp3) is 0.158. The monoisotopic (exact) mass is 478 g/mol. The highest BCUT2D eigenvalue weighted by molar-refractivity contribution is 8.00. The number of halogens is 6. The SMILES string of the molecule is Cc1nc(C(F)(F)F)c(OC(=O)Nc2ccccc2-c2cccc(SC(F)(F)F)c2)s1.